The van der Waals surface area contributed by atoms with Crippen molar-refractivity contribution in [3.63, 3.8) is 0 Å². The summed E-state index contributed by atoms with van der Waals surface area (Å²) < 4.78 is 41.4. The van der Waals surface area contributed by atoms with E-state index in [1.807, 2.05) is 26.0 Å². The summed E-state index contributed by atoms with van der Waals surface area (Å²) in [6.45, 7) is 5.74. The molecule has 0 spiro atoms. The van der Waals surface area contributed by atoms with Crippen molar-refractivity contribution in [2.24, 2.45) is 0 Å². The number of piperidine rings is 1. The molecular formula is C23H29ClF3N3O2. The van der Waals surface area contributed by atoms with Gasteiger partial charge in [0.05, 0.1) is 6.04 Å². The van der Waals surface area contributed by atoms with Crippen LogP contribution in [0.2, 0.25) is 0 Å². The van der Waals surface area contributed by atoms with Crippen LogP contribution in [-0.4, -0.2) is 65.3 Å². The first-order valence-corrected chi connectivity index (χ1v) is 11.1. The third kappa shape index (κ3) is 5.13. The fraction of sp³-hybridized carbons (Fsp3) is 0.522. The summed E-state index contributed by atoms with van der Waals surface area (Å²) in [4.78, 5) is 16.2. The number of carbonyl (C=O) groups excluding carboxylic acids is 1. The summed E-state index contributed by atoms with van der Waals surface area (Å²) in [6.07, 6.45) is -0.161. The van der Waals surface area contributed by atoms with Crippen molar-refractivity contribution in [3.05, 3.63) is 58.8 Å². The van der Waals surface area contributed by atoms with Gasteiger partial charge in [0.1, 0.15) is 0 Å². The predicted molar refractivity (Wildman–Crippen MR) is 118 cm³/mol. The molecule has 0 saturated carbocycles. The topological polar surface area (TPSA) is 55.8 Å². The Hall–Kier alpha value is -2.03. The summed E-state index contributed by atoms with van der Waals surface area (Å²) in [7, 11) is 0. The molecule has 2 saturated heterocycles. The Bertz CT molecular complexity index is 857. The molecule has 3 rings (SSSR count). The van der Waals surface area contributed by atoms with Crippen molar-refractivity contribution in [2.45, 2.75) is 50.6 Å². The lowest BCUT2D eigenvalue weighted by atomic mass is 9.89. The summed E-state index contributed by atoms with van der Waals surface area (Å²) >= 11 is 5.93. The zero-order valence-corrected chi connectivity index (χ0v) is 19.0. The minimum Gasteiger partial charge on any atom is -0.380 e. The zero-order valence-electron chi connectivity index (χ0n) is 18.2. The van der Waals surface area contributed by atoms with E-state index in [1.165, 1.54) is 18.2 Å². The first kappa shape index (κ1) is 24.6. The maximum atomic E-state index is 13.8. The predicted octanol–water partition coefficient (Wildman–Crippen LogP) is 3.75. The number of carbonyl (C=O) groups is 1. The van der Waals surface area contributed by atoms with Crippen LogP contribution >= 0.6 is 11.6 Å². The third-order valence-electron chi connectivity index (χ3n) is 6.13. The van der Waals surface area contributed by atoms with Gasteiger partial charge in [-0.2, -0.15) is 13.2 Å². The average molecular weight is 472 g/mol. The normalized spacial score (nSPS) is 21.8. The lowest BCUT2D eigenvalue weighted by Crippen LogP contribution is -2.63. The van der Waals surface area contributed by atoms with E-state index in [-0.39, 0.29) is 25.2 Å². The van der Waals surface area contributed by atoms with Crippen LogP contribution in [0.15, 0.2) is 53.2 Å². The van der Waals surface area contributed by atoms with Crippen LogP contribution in [0.4, 0.5) is 13.2 Å². The minimum atomic E-state index is -5.11. The largest absolute Gasteiger partial charge is 0.430 e. The number of rotatable bonds is 6. The smallest absolute Gasteiger partial charge is 0.380 e. The van der Waals surface area contributed by atoms with Crippen LogP contribution in [0.25, 0.3) is 0 Å². The van der Waals surface area contributed by atoms with Crippen LogP contribution in [0.5, 0.6) is 0 Å². The summed E-state index contributed by atoms with van der Waals surface area (Å²) in [5, 5.41) is 14.6. The molecule has 176 valence electrons. The van der Waals surface area contributed by atoms with Crippen LogP contribution in [0.3, 0.4) is 0 Å². The maximum Gasteiger partial charge on any atom is 0.430 e. The molecule has 2 N–H and O–H groups in total. The molecule has 5 nitrogen and oxygen atoms in total. The lowest BCUT2D eigenvalue weighted by molar-refractivity contribution is -0.262. The first-order chi connectivity index (χ1) is 15.1. The highest BCUT2D eigenvalue weighted by molar-refractivity contribution is 6.29. The van der Waals surface area contributed by atoms with E-state index >= 15 is 0 Å². The number of nitrogens with one attached hydrogen (secondary N) is 1. The molecule has 1 aromatic rings. The van der Waals surface area contributed by atoms with E-state index in [2.05, 4.69) is 10.2 Å². The van der Waals surface area contributed by atoms with Crippen molar-refractivity contribution < 1.29 is 23.1 Å². The Balaban J connectivity index is 1.57. The van der Waals surface area contributed by atoms with E-state index < -0.39 is 23.2 Å². The van der Waals surface area contributed by atoms with Gasteiger partial charge in [-0.3, -0.25) is 9.69 Å². The molecule has 0 aliphatic carbocycles. The summed E-state index contributed by atoms with van der Waals surface area (Å²) in [5.74, 6) is -1.31. The number of hydrogen-bond acceptors (Lipinski definition) is 4. The number of likely N-dealkylation sites (tertiary alicyclic amines) is 2. The van der Waals surface area contributed by atoms with Gasteiger partial charge in [0, 0.05) is 48.5 Å². The molecule has 0 radical (unpaired) electrons. The van der Waals surface area contributed by atoms with Gasteiger partial charge < -0.3 is 15.3 Å². The number of benzene rings is 1. The molecule has 2 heterocycles. The molecule has 0 aromatic heterocycles. The molecule has 1 aromatic carbocycles. The Kier molecular flexibility index (Phi) is 7.57. The van der Waals surface area contributed by atoms with Gasteiger partial charge in [0.2, 0.25) is 0 Å². The highest BCUT2D eigenvalue weighted by Crippen LogP contribution is 2.41. The minimum absolute atomic E-state index is 0.178. The number of nitrogens with zero attached hydrogens (tertiary/aromatic N) is 2. The van der Waals surface area contributed by atoms with Gasteiger partial charge in [0.25, 0.3) is 11.5 Å². The number of hydrogen-bond donors (Lipinski definition) is 2. The maximum absolute atomic E-state index is 13.8. The van der Waals surface area contributed by atoms with Gasteiger partial charge in [-0.25, -0.2) is 0 Å². The number of alkyl halides is 3. The highest BCUT2D eigenvalue weighted by atomic mass is 35.5. The Morgan fingerprint density at radius 3 is 2.28 bits per heavy atom. The Morgan fingerprint density at radius 2 is 1.78 bits per heavy atom. The van der Waals surface area contributed by atoms with Gasteiger partial charge >= 0.3 is 6.18 Å². The molecule has 2 aliphatic heterocycles. The third-order valence-corrected chi connectivity index (χ3v) is 6.23. The van der Waals surface area contributed by atoms with Crippen LogP contribution in [0.1, 0.15) is 32.3 Å². The van der Waals surface area contributed by atoms with E-state index in [9.17, 15) is 23.1 Å². The summed E-state index contributed by atoms with van der Waals surface area (Å²) in [5.41, 5.74) is -3.05. The van der Waals surface area contributed by atoms with Gasteiger partial charge in [-0.15, -0.1) is 0 Å². The first-order valence-electron chi connectivity index (χ1n) is 10.7. The molecule has 2 fully saturated rings. The zero-order chi connectivity index (χ0) is 23.5. The second kappa shape index (κ2) is 9.85. The van der Waals surface area contributed by atoms with Crippen LogP contribution in [0, 0.1) is 0 Å². The van der Waals surface area contributed by atoms with Crippen LogP contribution < -0.4 is 5.32 Å². The van der Waals surface area contributed by atoms with E-state index in [0.717, 1.165) is 35.8 Å². The lowest BCUT2D eigenvalue weighted by Gasteiger charge is -2.48. The van der Waals surface area contributed by atoms with E-state index in [0.29, 0.717) is 17.9 Å². The fourth-order valence-electron chi connectivity index (χ4n) is 4.31. The molecule has 1 unspecified atom stereocenters. The Labute approximate surface area is 191 Å². The van der Waals surface area contributed by atoms with Gasteiger partial charge in [-0.1, -0.05) is 48.0 Å². The van der Waals surface area contributed by atoms with E-state index in [1.54, 1.807) is 0 Å². The van der Waals surface area contributed by atoms with E-state index in [4.69, 9.17) is 11.6 Å². The number of allylic oxidation sites excluding steroid dienone is 3. The molecule has 2 aliphatic rings. The Morgan fingerprint density at radius 1 is 1.19 bits per heavy atom. The molecular weight excluding hydrogens is 443 g/mol. The fourth-order valence-corrected chi connectivity index (χ4v) is 4.43. The average Bonchev–Trinajstić information content (AvgIpc) is 2.73. The van der Waals surface area contributed by atoms with Gasteiger partial charge in [0.15, 0.2) is 0 Å². The monoisotopic (exact) mass is 471 g/mol. The van der Waals surface area contributed by atoms with Crippen molar-refractivity contribution in [2.75, 3.05) is 26.2 Å². The second-order valence-corrected chi connectivity index (χ2v) is 8.96. The molecule has 1 amide bonds. The molecule has 1 atom stereocenters. The standard InChI is InChI=1S/C23H29ClF3N3O2/c1-3-18(13-16(2)24)28-19-14-30(15-19)20-9-11-29(12-10-20)21(31)22(32,23(25,26)27)17-7-5-4-6-8-17/h3-8,13,19-20,28,32H,9-12,14-15H2,1-2H3/b16-13+,18-3+. The second-order valence-electron chi connectivity index (χ2n) is 8.37. The van der Waals surface area contributed by atoms with Crippen molar-refractivity contribution in [3.8, 4) is 0 Å². The molecule has 32 heavy (non-hydrogen) atoms. The summed E-state index contributed by atoms with van der Waals surface area (Å²) in [6, 6.07) is 7.04. The van der Waals surface area contributed by atoms with Crippen molar-refractivity contribution in [1.82, 2.24) is 15.1 Å². The number of halogens is 4. The van der Waals surface area contributed by atoms with Crippen LogP contribution in [-0.2, 0) is 10.4 Å². The van der Waals surface area contributed by atoms with Gasteiger partial charge in [-0.05, 0) is 32.8 Å². The SMILES string of the molecule is C/C=C(\C=C(/C)Cl)NC1CN(C2CCN(C(=O)C(O)(c3ccccc3)C(F)(F)F)CC2)C1. The quantitative estimate of drug-likeness (QED) is 0.620. The molecule has 9 heteroatoms. The molecule has 0 bridgehead atoms. The van der Waals surface area contributed by atoms with Crippen molar-refractivity contribution in [1.29, 1.82) is 0 Å². The highest BCUT2D eigenvalue weighted by Gasteiger charge is 2.62. The van der Waals surface area contributed by atoms with Crippen molar-refractivity contribution >= 4 is 17.5 Å². The number of aliphatic hydroxyl groups is 1. The number of amides is 1.